The number of ether oxygens (including phenoxy) is 2. The molecule has 1 aliphatic carbocycles. The van der Waals surface area contributed by atoms with Gasteiger partial charge in [0.2, 0.25) is 4.93 Å². The van der Waals surface area contributed by atoms with Gasteiger partial charge in [0, 0.05) is 11.8 Å². The van der Waals surface area contributed by atoms with E-state index in [1.54, 1.807) is 6.92 Å². The van der Waals surface area contributed by atoms with Gasteiger partial charge in [-0.05, 0) is 19.8 Å². The van der Waals surface area contributed by atoms with Crippen molar-refractivity contribution in [3.63, 3.8) is 0 Å². The van der Waals surface area contributed by atoms with E-state index in [4.69, 9.17) is 9.47 Å². The molecule has 23 heavy (non-hydrogen) atoms. The van der Waals surface area contributed by atoms with Crippen molar-refractivity contribution >= 4 is 17.7 Å². The molecule has 2 bridgehead atoms. The van der Waals surface area contributed by atoms with Crippen LogP contribution in [0.1, 0.15) is 45.4 Å². The Morgan fingerprint density at radius 1 is 1.35 bits per heavy atom. The second kappa shape index (κ2) is 5.52. The Bertz CT molecular complexity index is 492. The summed E-state index contributed by atoms with van der Waals surface area (Å²) in [5.74, 6) is -0.776. The van der Waals surface area contributed by atoms with Crippen LogP contribution in [-0.2, 0) is 14.3 Å². The van der Waals surface area contributed by atoms with Crippen molar-refractivity contribution in [2.75, 3.05) is 13.2 Å². The summed E-state index contributed by atoms with van der Waals surface area (Å²) in [7, 11) is 0. The number of rotatable bonds is 2. The zero-order chi connectivity index (χ0) is 16.9. The van der Waals surface area contributed by atoms with Gasteiger partial charge in [-0.3, -0.25) is 4.79 Å². The summed E-state index contributed by atoms with van der Waals surface area (Å²) in [6, 6.07) is 0. The molecule has 0 aromatic rings. The highest BCUT2D eigenvalue weighted by molar-refractivity contribution is 8.02. The van der Waals surface area contributed by atoms with Gasteiger partial charge in [0.05, 0.1) is 18.8 Å². The van der Waals surface area contributed by atoms with E-state index in [2.05, 4.69) is 0 Å². The third kappa shape index (κ3) is 2.40. The first-order valence-corrected chi connectivity index (χ1v) is 8.85. The van der Waals surface area contributed by atoms with Crippen LogP contribution in [0.4, 0.5) is 13.2 Å². The topological polar surface area (TPSA) is 55.8 Å². The number of hydrogen-bond acceptors (Lipinski definition) is 5. The maximum atomic E-state index is 13.6. The molecule has 2 heterocycles. The van der Waals surface area contributed by atoms with E-state index >= 15 is 0 Å². The van der Waals surface area contributed by atoms with E-state index in [9.17, 15) is 23.1 Å². The summed E-state index contributed by atoms with van der Waals surface area (Å²) in [6.45, 7) is 1.50. The lowest BCUT2D eigenvalue weighted by Gasteiger charge is -2.53. The second-order valence-electron chi connectivity index (χ2n) is 6.73. The number of thioether (sulfide) groups is 1. The van der Waals surface area contributed by atoms with E-state index in [-0.39, 0.29) is 13.2 Å². The number of hydrogen-bond donors (Lipinski definition) is 1. The van der Waals surface area contributed by atoms with Crippen molar-refractivity contribution < 1.29 is 32.5 Å². The highest BCUT2D eigenvalue weighted by atomic mass is 32.2. The van der Waals surface area contributed by atoms with Crippen molar-refractivity contribution in [3.05, 3.63) is 0 Å². The highest BCUT2D eigenvalue weighted by Gasteiger charge is 2.77. The Morgan fingerprint density at radius 3 is 2.57 bits per heavy atom. The molecule has 2 aliphatic heterocycles. The monoisotopic (exact) mass is 354 g/mol. The van der Waals surface area contributed by atoms with Gasteiger partial charge in [-0.25, -0.2) is 0 Å². The van der Waals surface area contributed by atoms with Crippen molar-refractivity contribution in [1.82, 2.24) is 0 Å². The van der Waals surface area contributed by atoms with Crippen molar-refractivity contribution in [1.29, 1.82) is 0 Å². The minimum Gasteiger partial charge on any atom is -0.465 e. The number of alkyl halides is 3. The van der Waals surface area contributed by atoms with Crippen LogP contribution in [0.25, 0.3) is 0 Å². The Balaban J connectivity index is 2.01. The van der Waals surface area contributed by atoms with E-state index in [1.807, 2.05) is 0 Å². The number of aliphatic hydroxyl groups is 1. The van der Waals surface area contributed by atoms with Gasteiger partial charge in [0.15, 0.2) is 0 Å². The van der Waals surface area contributed by atoms with E-state index in [1.165, 1.54) is 0 Å². The molecule has 3 fully saturated rings. The molecule has 4 nitrogen and oxygen atoms in total. The first-order valence-electron chi connectivity index (χ1n) is 7.97. The lowest BCUT2D eigenvalue weighted by molar-refractivity contribution is -0.295. The van der Waals surface area contributed by atoms with Crippen LogP contribution in [0.2, 0.25) is 0 Å². The van der Waals surface area contributed by atoms with E-state index < -0.39 is 39.8 Å². The first kappa shape index (κ1) is 17.4. The standard InChI is InChI=1S/C15H21F3O4S/c1-2-21-11(19)10-13(20)8-14(23-10,15(16,17)18)22-9-12(13)6-4-3-5-7-12/h10,20H,2-9H2,1H3/t10-,13-,14-/m1/s1. The zero-order valence-electron chi connectivity index (χ0n) is 12.9. The summed E-state index contributed by atoms with van der Waals surface area (Å²) >= 11 is 0.378. The average molecular weight is 354 g/mol. The summed E-state index contributed by atoms with van der Waals surface area (Å²) in [4.78, 5) is 9.75. The maximum Gasteiger partial charge on any atom is 0.427 e. The molecule has 1 N–H and O–H groups in total. The summed E-state index contributed by atoms with van der Waals surface area (Å²) < 4.78 is 50.9. The molecule has 0 radical (unpaired) electrons. The van der Waals surface area contributed by atoms with Gasteiger partial charge < -0.3 is 14.6 Å². The number of carbonyl (C=O) groups excluding carboxylic acids is 1. The molecule has 0 amide bonds. The molecule has 1 saturated carbocycles. The minimum atomic E-state index is -4.65. The third-order valence-electron chi connectivity index (χ3n) is 5.49. The fraction of sp³-hybridized carbons (Fsp3) is 0.933. The van der Waals surface area contributed by atoms with Gasteiger partial charge in [-0.2, -0.15) is 13.2 Å². The Labute approximate surface area is 137 Å². The molecule has 0 unspecified atom stereocenters. The number of halogens is 3. The second-order valence-corrected chi connectivity index (χ2v) is 8.10. The Morgan fingerprint density at radius 2 is 2.00 bits per heavy atom. The fourth-order valence-corrected chi connectivity index (χ4v) is 5.86. The van der Waals surface area contributed by atoms with Crippen molar-refractivity contribution in [2.24, 2.45) is 5.41 Å². The van der Waals surface area contributed by atoms with Crippen LogP contribution in [0, 0.1) is 5.41 Å². The summed E-state index contributed by atoms with van der Waals surface area (Å²) in [5, 5.41) is 10.0. The molecular weight excluding hydrogens is 333 g/mol. The number of carbonyl (C=O) groups is 1. The predicted molar refractivity (Wildman–Crippen MR) is 77.8 cm³/mol. The maximum absolute atomic E-state index is 13.6. The van der Waals surface area contributed by atoms with Crippen LogP contribution in [0.15, 0.2) is 0 Å². The van der Waals surface area contributed by atoms with Crippen LogP contribution >= 0.6 is 11.8 Å². The molecule has 3 atom stereocenters. The van der Waals surface area contributed by atoms with Crippen molar-refractivity contribution in [2.45, 2.75) is 67.4 Å². The van der Waals surface area contributed by atoms with Crippen LogP contribution in [0.3, 0.4) is 0 Å². The summed E-state index contributed by atoms with van der Waals surface area (Å²) in [5.41, 5.74) is -2.53. The lowest BCUT2D eigenvalue weighted by atomic mass is 9.59. The smallest absolute Gasteiger partial charge is 0.427 e. The number of fused-ring (bicyclic) bond motifs is 3. The Kier molecular flexibility index (Phi) is 4.17. The van der Waals surface area contributed by atoms with Crippen LogP contribution < -0.4 is 0 Å². The zero-order valence-corrected chi connectivity index (χ0v) is 13.8. The number of esters is 1. The quantitative estimate of drug-likeness (QED) is 0.773. The van der Waals surface area contributed by atoms with Crippen molar-refractivity contribution in [3.8, 4) is 0 Å². The lowest BCUT2D eigenvalue weighted by Crippen LogP contribution is -2.63. The van der Waals surface area contributed by atoms with Crippen LogP contribution in [0.5, 0.6) is 0 Å². The highest BCUT2D eigenvalue weighted by Crippen LogP contribution is 2.67. The molecule has 0 aromatic carbocycles. The molecule has 8 heteroatoms. The molecule has 3 aliphatic rings. The molecule has 132 valence electrons. The molecule has 0 aromatic heterocycles. The largest absolute Gasteiger partial charge is 0.465 e. The molecule has 1 spiro atoms. The van der Waals surface area contributed by atoms with Gasteiger partial charge >= 0.3 is 12.1 Å². The average Bonchev–Trinajstić information content (AvgIpc) is 2.77. The van der Waals surface area contributed by atoms with Gasteiger partial charge in [-0.1, -0.05) is 31.0 Å². The van der Waals surface area contributed by atoms with E-state index in [0.29, 0.717) is 24.6 Å². The predicted octanol–water partition coefficient (Wildman–Crippen LogP) is 3.03. The van der Waals surface area contributed by atoms with E-state index in [0.717, 1.165) is 19.3 Å². The normalized spacial score (nSPS) is 39.4. The third-order valence-corrected chi connectivity index (χ3v) is 7.18. The molecular formula is C15H21F3O4S. The Hall–Kier alpha value is -0.470. The summed E-state index contributed by atoms with van der Waals surface area (Å²) in [6.07, 6.45) is -1.46. The van der Waals surface area contributed by atoms with Gasteiger partial charge in [0.25, 0.3) is 0 Å². The van der Waals surface area contributed by atoms with Gasteiger partial charge in [-0.15, -0.1) is 0 Å². The molecule has 3 rings (SSSR count). The first-order chi connectivity index (χ1) is 10.7. The fourth-order valence-electron chi connectivity index (χ4n) is 4.22. The minimum absolute atomic E-state index is 0.0683. The van der Waals surface area contributed by atoms with Gasteiger partial charge in [0.1, 0.15) is 5.25 Å². The SMILES string of the molecule is CCOC(=O)[C@H]1S[C@@]2(C(F)(F)F)C[C@]1(O)C1(CCCCC1)CO2. The van der Waals surface area contributed by atoms with Crippen LogP contribution in [-0.4, -0.2) is 46.2 Å². The molecule has 2 saturated heterocycles.